The van der Waals surface area contributed by atoms with Gasteiger partial charge in [0, 0.05) is 5.56 Å². The van der Waals surface area contributed by atoms with Crippen LogP contribution in [-0.4, -0.2) is 20.3 Å². The van der Waals surface area contributed by atoms with E-state index in [1.165, 1.54) is 17.6 Å². The van der Waals surface area contributed by atoms with Gasteiger partial charge in [0.15, 0.2) is 5.78 Å². The van der Waals surface area contributed by atoms with E-state index in [0.29, 0.717) is 17.8 Å². The molecule has 6 heteroatoms. The molecule has 0 aliphatic heterocycles. The fraction of sp³-hybridized carbons (Fsp3) is 0.176. The monoisotopic (exact) mass is 309 g/mol. The Morgan fingerprint density at radius 3 is 2.57 bits per heavy atom. The minimum absolute atomic E-state index is 0.169. The Kier molecular flexibility index (Phi) is 3.65. The van der Waals surface area contributed by atoms with E-state index in [4.69, 9.17) is 0 Å². The number of aromatic amines is 1. The van der Waals surface area contributed by atoms with Crippen molar-refractivity contribution in [3.8, 4) is 0 Å². The van der Waals surface area contributed by atoms with E-state index in [1.807, 2.05) is 30.3 Å². The average Bonchev–Trinajstić information content (AvgIpc) is 2.51. The first kappa shape index (κ1) is 14.9. The van der Waals surface area contributed by atoms with Gasteiger partial charge in [0.25, 0.3) is 5.56 Å². The topological polar surface area (TPSA) is 84.8 Å². The third-order valence-electron chi connectivity index (χ3n) is 3.72. The van der Waals surface area contributed by atoms with Gasteiger partial charge < -0.3 is 0 Å². The third kappa shape index (κ3) is 2.70. The maximum absolute atomic E-state index is 12.2. The van der Waals surface area contributed by atoms with Crippen molar-refractivity contribution in [1.29, 1.82) is 0 Å². The lowest BCUT2D eigenvalue weighted by atomic mass is 10.1. The van der Waals surface area contributed by atoms with Gasteiger partial charge in [0.2, 0.25) is 0 Å². The molecule has 0 amide bonds. The summed E-state index contributed by atoms with van der Waals surface area (Å²) >= 11 is 0. The zero-order valence-electron chi connectivity index (χ0n) is 12.8. The summed E-state index contributed by atoms with van der Waals surface area (Å²) in [6.07, 6.45) is 0. The molecule has 3 rings (SSSR count). The summed E-state index contributed by atoms with van der Waals surface area (Å²) in [6.45, 7) is 3.40. The lowest BCUT2D eigenvalue weighted by molar-refractivity contribution is 0.101. The number of rotatable bonds is 3. The first-order chi connectivity index (χ1) is 11.0. The number of H-pyrrole nitrogens is 1. The standard InChI is InChI=1S/C17H15N3O3/c1-10-13(11(2)21)8-14-15(18-10)20(17(23)19-16(14)22)9-12-6-4-3-5-7-12/h3-8H,9H2,1-2H3,(H,19,22,23). The van der Waals surface area contributed by atoms with E-state index in [-0.39, 0.29) is 16.8 Å². The Labute approximate surface area is 131 Å². The van der Waals surface area contributed by atoms with Gasteiger partial charge in [-0.05, 0) is 25.5 Å². The molecule has 116 valence electrons. The predicted octanol–water partition coefficient (Wildman–Crippen LogP) is 1.64. The number of fused-ring (bicyclic) bond motifs is 1. The van der Waals surface area contributed by atoms with Crippen LogP contribution in [0.4, 0.5) is 0 Å². The number of pyridine rings is 1. The molecule has 0 aliphatic carbocycles. The molecule has 3 aromatic rings. The molecule has 0 radical (unpaired) electrons. The van der Waals surface area contributed by atoms with Crippen molar-refractivity contribution in [2.45, 2.75) is 20.4 Å². The number of Topliss-reactive ketones (excluding diaryl/α,β-unsaturated/α-hetero) is 1. The first-order valence-electron chi connectivity index (χ1n) is 7.16. The number of nitrogens with zero attached hydrogens (tertiary/aromatic N) is 2. The molecule has 0 bridgehead atoms. The molecule has 0 unspecified atom stereocenters. The molecule has 0 spiro atoms. The zero-order valence-corrected chi connectivity index (χ0v) is 12.8. The number of hydrogen-bond acceptors (Lipinski definition) is 4. The second kappa shape index (κ2) is 5.64. The highest BCUT2D eigenvalue weighted by Gasteiger charge is 2.14. The molecule has 1 aromatic carbocycles. The SMILES string of the molecule is CC(=O)c1cc2c(=O)[nH]c(=O)n(Cc3ccccc3)c2nc1C. The molecule has 0 atom stereocenters. The van der Waals surface area contributed by atoms with E-state index in [2.05, 4.69) is 9.97 Å². The number of hydrogen-bond donors (Lipinski definition) is 1. The van der Waals surface area contributed by atoms with Crippen LogP contribution < -0.4 is 11.2 Å². The quantitative estimate of drug-likeness (QED) is 0.745. The maximum Gasteiger partial charge on any atom is 0.330 e. The normalized spacial score (nSPS) is 10.9. The van der Waals surface area contributed by atoms with Gasteiger partial charge in [-0.3, -0.25) is 19.1 Å². The number of benzene rings is 1. The summed E-state index contributed by atoms with van der Waals surface area (Å²) in [5, 5.41) is 0.233. The molecule has 6 nitrogen and oxygen atoms in total. The summed E-state index contributed by atoms with van der Waals surface area (Å²) in [6, 6.07) is 10.9. The van der Waals surface area contributed by atoms with Gasteiger partial charge in [-0.2, -0.15) is 0 Å². The van der Waals surface area contributed by atoms with Crippen LogP contribution in [0.5, 0.6) is 0 Å². The number of aromatic nitrogens is 3. The van der Waals surface area contributed by atoms with Gasteiger partial charge in [0.05, 0.1) is 17.6 Å². The second-order valence-electron chi connectivity index (χ2n) is 5.38. The molecule has 2 heterocycles. The number of nitrogens with one attached hydrogen (secondary N) is 1. The molecule has 23 heavy (non-hydrogen) atoms. The molecular weight excluding hydrogens is 294 g/mol. The van der Waals surface area contributed by atoms with Crippen LogP contribution in [0.3, 0.4) is 0 Å². The van der Waals surface area contributed by atoms with Crippen molar-refractivity contribution in [3.63, 3.8) is 0 Å². The van der Waals surface area contributed by atoms with Crippen molar-refractivity contribution in [2.24, 2.45) is 0 Å². The number of carbonyl (C=O) groups is 1. The van der Waals surface area contributed by atoms with Crippen LogP contribution in [-0.2, 0) is 6.54 Å². The second-order valence-corrected chi connectivity index (χ2v) is 5.38. The highest BCUT2D eigenvalue weighted by Crippen LogP contribution is 2.14. The van der Waals surface area contributed by atoms with Gasteiger partial charge in [-0.25, -0.2) is 9.78 Å². The zero-order chi connectivity index (χ0) is 16.6. The van der Waals surface area contributed by atoms with Gasteiger partial charge in [-0.15, -0.1) is 0 Å². The number of aryl methyl sites for hydroxylation is 1. The number of carbonyl (C=O) groups excluding carboxylic acids is 1. The van der Waals surface area contributed by atoms with Gasteiger partial charge in [0.1, 0.15) is 5.65 Å². The maximum atomic E-state index is 12.2. The van der Waals surface area contributed by atoms with Crippen LogP contribution in [0.1, 0.15) is 28.5 Å². The molecular formula is C17H15N3O3. The van der Waals surface area contributed by atoms with E-state index in [9.17, 15) is 14.4 Å². The van der Waals surface area contributed by atoms with E-state index >= 15 is 0 Å². The van der Waals surface area contributed by atoms with Crippen LogP contribution in [0.15, 0.2) is 46.0 Å². The molecule has 1 N–H and O–H groups in total. The van der Waals surface area contributed by atoms with Crippen molar-refractivity contribution in [2.75, 3.05) is 0 Å². The van der Waals surface area contributed by atoms with Crippen LogP contribution in [0.2, 0.25) is 0 Å². The third-order valence-corrected chi connectivity index (χ3v) is 3.72. The minimum atomic E-state index is -0.538. The van der Waals surface area contributed by atoms with Crippen molar-refractivity contribution in [1.82, 2.24) is 14.5 Å². The van der Waals surface area contributed by atoms with Gasteiger partial charge >= 0.3 is 5.69 Å². The Morgan fingerprint density at radius 1 is 1.22 bits per heavy atom. The average molecular weight is 309 g/mol. The molecule has 0 fully saturated rings. The lowest BCUT2D eigenvalue weighted by Crippen LogP contribution is -2.31. The fourth-order valence-electron chi connectivity index (χ4n) is 2.56. The Morgan fingerprint density at radius 2 is 1.91 bits per heavy atom. The van der Waals surface area contributed by atoms with E-state index in [1.54, 1.807) is 6.92 Å². The largest absolute Gasteiger partial charge is 0.330 e. The van der Waals surface area contributed by atoms with E-state index < -0.39 is 11.2 Å². The van der Waals surface area contributed by atoms with Crippen LogP contribution >= 0.6 is 0 Å². The molecule has 2 aromatic heterocycles. The predicted molar refractivity (Wildman–Crippen MR) is 86.9 cm³/mol. The Bertz CT molecular complexity index is 1020. The van der Waals surface area contributed by atoms with Gasteiger partial charge in [-0.1, -0.05) is 30.3 Å². The summed E-state index contributed by atoms with van der Waals surface area (Å²) in [7, 11) is 0. The Balaban J connectivity index is 2.30. The summed E-state index contributed by atoms with van der Waals surface area (Å²) < 4.78 is 1.41. The Hall–Kier alpha value is -3.02. The summed E-state index contributed by atoms with van der Waals surface area (Å²) in [5.74, 6) is -0.169. The molecule has 0 saturated heterocycles. The molecule has 0 saturated carbocycles. The first-order valence-corrected chi connectivity index (χ1v) is 7.16. The lowest BCUT2D eigenvalue weighted by Gasteiger charge is -2.11. The van der Waals surface area contributed by atoms with Crippen molar-refractivity contribution < 1.29 is 4.79 Å². The summed E-state index contributed by atoms with van der Waals surface area (Å²) in [4.78, 5) is 42.5. The van der Waals surface area contributed by atoms with Crippen LogP contribution in [0.25, 0.3) is 11.0 Å². The summed E-state index contributed by atoms with van der Waals surface area (Å²) in [5.41, 5.74) is 1.02. The smallest absolute Gasteiger partial charge is 0.294 e. The fourth-order valence-corrected chi connectivity index (χ4v) is 2.56. The highest BCUT2D eigenvalue weighted by molar-refractivity contribution is 5.97. The van der Waals surface area contributed by atoms with Crippen LogP contribution in [0, 0.1) is 6.92 Å². The highest BCUT2D eigenvalue weighted by atomic mass is 16.2. The van der Waals surface area contributed by atoms with Crippen molar-refractivity contribution >= 4 is 16.8 Å². The van der Waals surface area contributed by atoms with E-state index in [0.717, 1.165) is 5.56 Å². The van der Waals surface area contributed by atoms with Crippen molar-refractivity contribution in [3.05, 3.63) is 74.1 Å². The number of ketones is 1. The molecule has 0 aliphatic rings. The minimum Gasteiger partial charge on any atom is -0.294 e.